The molecule has 0 aromatic heterocycles. The van der Waals surface area contributed by atoms with Crippen LogP contribution in [0.15, 0.2) is 0 Å². The number of rotatable bonds is 3. The Bertz CT molecular complexity index is 548. The molecule has 1 rings (SSSR count). The maximum Gasteiger partial charge on any atom is 0.469 e. The highest BCUT2D eigenvalue weighted by Gasteiger charge is 2.94. The van der Waals surface area contributed by atoms with Crippen molar-refractivity contribution < 1.29 is 74.6 Å². The third-order valence-electron chi connectivity index (χ3n) is 3.06. The monoisotopic (exact) mass is 448 g/mol. The lowest BCUT2D eigenvalue weighted by Crippen LogP contribution is -2.86. The van der Waals surface area contributed by atoms with Crippen LogP contribution in [0.4, 0.5) is 74.6 Å². The summed E-state index contributed by atoms with van der Waals surface area (Å²) >= 11 is 0. The van der Waals surface area contributed by atoms with Gasteiger partial charge < -0.3 is 0 Å². The third-order valence-corrected chi connectivity index (χ3v) is 3.06. The number of nitrogens with zero attached hydrogens (tertiary/aromatic N) is 2. The fourth-order valence-corrected chi connectivity index (χ4v) is 1.84. The first-order valence-electron chi connectivity index (χ1n) is 5.65. The Morgan fingerprint density at radius 2 is 0.778 bits per heavy atom. The Morgan fingerprint density at radius 1 is 0.519 bits per heavy atom. The smallest absolute Gasteiger partial charge is 0.203 e. The average molecular weight is 448 g/mol. The van der Waals surface area contributed by atoms with E-state index < -0.39 is 58.7 Å². The highest BCUT2D eigenvalue weighted by Crippen LogP contribution is 2.64. The van der Waals surface area contributed by atoms with Crippen molar-refractivity contribution >= 4 is 0 Å². The van der Waals surface area contributed by atoms with Crippen LogP contribution in [0.3, 0.4) is 0 Å². The number of halogens is 17. The SMILES string of the molecule is FC(F)C(F)(F)C(F)(F)N1C(F)(F)C(F)(F)N(C(F)(F)F)C(F)(F)C1(F)F. The standard InChI is InChI=1S/C8HF17N2/c9-1(10)2(11,12)3(13,14)26-4(15,16)6(19,20)27(8(23,24)25)7(21,22)5(26,17)18/h1H. The molecule has 1 heterocycles. The molecule has 0 N–H and O–H groups in total. The first-order valence-corrected chi connectivity index (χ1v) is 5.65. The molecular formula is C8HF17N2. The van der Waals surface area contributed by atoms with Gasteiger partial charge in [-0.05, 0) is 0 Å². The fraction of sp³-hybridized carbons (Fsp3) is 1.00. The van der Waals surface area contributed by atoms with Gasteiger partial charge in [-0.1, -0.05) is 4.90 Å². The van der Waals surface area contributed by atoms with E-state index >= 15 is 0 Å². The molecule has 0 amide bonds. The van der Waals surface area contributed by atoms with Crippen molar-refractivity contribution in [1.29, 1.82) is 0 Å². The zero-order chi connectivity index (χ0) is 22.2. The lowest BCUT2D eigenvalue weighted by atomic mass is 10.1. The van der Waals surface area contributed by atoms with Crippen LogP contribution in [-0.2, 0) is 0 Å². The molecule has 0 aliphatic carbocycles. The van der Waals surface area contributed by atoms with Crippen molar-refractivity contribution in [2.24, 2.45) is 0 Å². The Labute approximate surface area is 135 Å². The van der Waals surface area contributed by atoms with Crippen LogP contribution in [0.1, 0.15) is 0 Å². The van der Waals surface area contributed by atoms with Gasteiger partial charge in [-0.3, -0.25) is 0 Å². The van der Waals surface area contributed by atoms with Gasteiger partial charge in [-0.15, -0.1) is 4.90 Å². The molecule has 0 aromatic carbocycles. The molecule has 1 fully saturated rings. The summed E-state index contributed by atoms with van der Waals surface area (Å²) in [5.74, 6) is -7.40. The second-order valence-corrected chi connectivity index (χ2v) is 4.77. The van der Waals surface area contributed by atoms with Crippen molar-refractivity contribution in [2.75, 3.05) is 0 Å². The molecule has 0 saturated carbocycles. The molecule has 162 valence electrons. The van der Waals surface area contributed by atoms with E-state index in [-0.39, 0.29) is 0 Å². The summed E-state index contributed by atoms with van der Waals surface area (Å²) < 4.78 is 218. The van der Waals surface area contributed by atoms with Crippen LogP contribution in [-0.4, -0.2) is 58.7 Å². The fourth-order valence-electron chi connectivity index (χ4n) is 1.84. The topological polar surface area (TPSA) is 6.48 Å². The molecule has 27 heavy (non-hydrogen) atoms. The molecular weight excluding hydrogens is 447 g/mol. The van der Waals surface area contributed by atoms with E-state index in [4.69, 9.17) is 0 Å². The van der Waals surface area contributed by atoms with Crippen molar-refractivity contribution in [3.63, 3.8) is 0 Å². The van der Waals surface area contributed by atoms with Crippen LogP contribution < -0.4 is 0 Å². The van der Waals surface area contributed by atoms with Crippen molar-refractivity contribution in [1.82, 2.24) is 9.80 Å². The van der Waals surface area contributed by atoms with Crippen LogP contribution in [0.25, 0.3) is 0 Å². The van der Waals surface area contributed by atoms with Crippen LogP contribution in [0.5, 0.6) is 0 Å². The maximum atomic E-state index is 13.3. The van der Waals surface area contributed by atoms with Gasteiger partial charge in [0.15, 0.2) is 0 Å². The van der Waals surface area contributed by atoms with E-state index in [0.29, 0.717) is 0 Å². The van der Waals surface area contributed by atoms with Crippen LogP contribution in [0.2, 0.25) is 0 Å². The molecule has 0 bridgehead atoms. The molecule has 0 atom stereocenters. The van der Waals surface area contributed by atoms with Gasteiger partial charge in [0.25, 0.3) is 0 Å². The van der Waals surface area contributed by atoms with E-state index in [2.05, 4.69) is 0 Å². The van der Waals surface area contributed by atoms with E-state index in [0.717, 1.165) is 0 Å². The van der Waals surface area contributed by atoms with Gasteiger partial charge in [0.2, 0.25) is 0 Å². The first kappa shape index (κ1) is 23.8. The minimum atomic E-state index is -7.88. The number of alkyl halides is 17. The van der Waals surface area contributed by atoms with Gasteiger partial charge in [0, 0.05) is 0 Å². The highest BCUT2D eigenvalue weighted by atomic mass is 19.4. The van der Waals surface area contributed by atoms with Gasteiger partial charge in [0.1, 0.15) is 0 Å². The van der Waals surface area contributed by atoms with Gasteiger partial charge in [-0.2, -0.15) is 65.9 Å². The average Bonchev–Trinajstić information content (AvgIpc) is 2.32. The Balaban J connectivity index is 3.90. The molecule has 1 aliphatic rings. The second-order valence-electron chi connectivity index (χ2n) is 4.77. The zero-order valence-corrected chi connectivity index (χ0v) is 11.4. The molecule has 0 unspecified atom stereocenters. The summed E-state index contributed by atoms with van der Waals surface area (Å²) in [6.07, 6.45) is -13.3. The zero-order valence-electron chi connectivity index (χ0n) is 11.4. The highest BCUT2D eigenvalue weighted by molar-refractivity contribution is 5.08. The summed E-state index contributed by atoms with van der Waals surface area (Å²) in [6, 6.07) is -39.1. The molecule has 1 aliphatic heterocycles. The van der Waals surface area contributed by atoms with E-state index in [1.807, 2.05) is 0 Å². The molecule has 0 aromatic rings. The molecule has 0 spiro atoms. The quantitative estimate of drug-likeness (QED) is 0.444. The van der Waals surface area contributed by atoms with E-state index in [9.17, 15) is 74.6 Å². The summed E-state index contributed by atoms with van der Waals surface area (Å²) in [7, 11) is 0. The normalized spacial score (nSPS) is 26.4. The lowest BCUT2D eigenvalue weighted by molar-refractivity contribution is -0.581. The lowest BCUT2D eigenvalue weighted by Gasteiger charge is -2.55. The Morgan fingerprint density at radius 3 is 1.00 bits per heavy atom. The van der Waals surface area contributed by atoms with Gasteiger partial charge in [-0.25, -0.2) is 8.78 Å². The summed E-state index contributed by atoms with van der Waals surface area (Å²) in [4.78, 5) is -8.48. The van der Waals surface area contributed by atoms with Crippen LogP contribution >= 0.6 is 0 Å². The third kappa shape index (κ3) is 2.79. The predicted octanol–water partition coefficient (Wildman–Crippen LogP) is 4.99. The summed E-state index contributed by atoms with van der Waals surface area (Å²) in [5.41, 5.74) is 0. The molecule has 0 radical (unpaired) electrons. The van der Waals surface area contributed by atoms with Crippen molar-refractivity contribution in [3.8, 4) is 0 Å². The second kappa shape index (κ2) is 5.63. The minimum absolute atomic E-state index is 4.14. The largest absolute Gasteiger partial charge is 0.469 e. The molecule has 19 heteroatoms. The van der Waals surface area contributed by atoms with Gasteiger partial charge >= 0.3 is 48.9 Å². The van der Waals surface area contributed by atoms with E-state index in [1.54, 1.807) is 0 Å². The Hall–Kier alpha value is -1.27. The number of hydrogen-bond acceptors (Lipinski definition) is 2. The number of hydrogen-bond donors (Lipinski definition) is 0. The van der Waals surface area contributed by atoms with Gasteiger partial charge in [0.05, 0.1) is 0 Å². The molecule has 1 saturated heterocycles. The maximum absolute atomic E-state index is 13.3. The first-order chi connectivity index (χ1) is 11.4. The predicted molar refractivity (Wildman–Crippen MR) is 45.4 cm³/mol. The van der Waals surface area contributed by atoms with Crippen LogP contribution in [0, 0.1) is 0 Å². The molecule has 2 nitrogen and oxygen atoms in total. The summed E-state index contributed by atoms with van der Waals surface area (Å²) in [5, 5.41) is 0. The number of piperazine rings is 1. The van der Waals surface area contributed by atoms with Crippen molar-refractivity contribution in [2.45, 2.75) is 48.9 Å². The van der Waals surface area contributed by atoms with Crippen molar-refractivity contribution in [3.05, 3.63) is 0 Å². The van der Waals surface area contributed by atoms with E-state index in [1.165, 1.54) is 0 Å². The minimum Gasteiger partial charge on any atom is -0.203 e. The summed E-state index contributed by atoms with van der Waals surface area (Å²) in [6.45, 7) is 0. The Kier molecular flexibility index (Phi) is 4.96.